The van der Waals surface area contributed by atoms with E-state index in [9.17, 15) is 9.59 Å². The summed E-state index contributed by atoms with van der Waals surface area (Å²) in [5.41, 5.74) is 1.15. The molecule has 114 valence electrons. The lowest BCUT2D eigenvalue weighted by molar-refractivity contribution is -0.129. The molecule has 0 aromatic carbocycles. The molecule has 1 aliphatic carbocycles. The molecule has 0 saturated carbocycles. The Labute approximate surface area is 128 Å². The summed E-state index contributed by atoms with van der Waals surface area (Å²) in [5, 5.41) is 3.61. The van der Waals surface area contributed by atoms with E-state index in [1.165, 1.54) is 17.7 Å². The lowest BCUT2D eigenvalue weighted by Gasteiger charge is -2.20. The van der Waals surface area contributed by atoms with Gasteiger partial charge in [0, 0.05) is 23.9 Å². The van der Waals surface area contributed by atoms with Crippen LogP contribution in [0.15, 0.2) is 0 Å². The van der Waals surface area contributed by atoms with Crippen LogP contribution in [0.5, 0.6) is 0 Å². The number of rotatable bonds is 3. The number of nitrogens with one attached hydrogen (secondary N) is 1. The highest BCUT2D eigenvalue weighted by atomic mass is 32.1. The van der Waals surface area contributed by atoms with E-state index in [-0.39, 0.29) is 23.8 Å². The Morgan fingerprint density at radius 1 is 1.38 bits per heavy atom. The van der Waals surface area contributed by atoms with Gasteiger partial charge >= 0.3 is 0 Å². The molecule has 2 heterocycles. The quantitative estimate of drug-likeness (QED) is 0.931. The minimum atomic E-state index is -0.249. The highest BCUT2D eigenvalue weighted by Crippen LogP contribution is 2.30. The number of carbonyl (C=O) groups excluding carboxylic acids is 2. The largest absolute Gasteiger partial charge is 0.339 e. The van der Waals surface area contributed by atoms with Crippen molar-refractivity contribution < 1.29 is 9.59 Å². The van der Waals surface area contributed by atoms with E-state index in [4.69, 9.17) is 0 Å². The maximum Gasteiger partial charge on any atom is 0.231 e. The topological polar surface area (TPSA) is 62.3 Å². The molecule has 6 heteroatoms. The van der Waals surface area contributed by atoms with E-state index < -0.39 is 0 Å². The molecule has 2 aliphatic rings. The molecular weight excluding hydrogens is 286 g/mol. The number of anilines is 1. The standard InChI is InChI=1S/C15H21N3O2S/c1-9(2)18-8-10(7-13(18)19)14(20)17-15-16-11-5-3-4-6-12(11)21-15/h9-10H,3-8H2,1-2H3,(H,16,17,20)/t10-/m0/s1. The molecule has 1 fully saturated rings. The van der Waals surface area contributed by atoms with E-state index >= 15 is 0 Å². The number of hydrogen-bond acceptors (Lipinski definition) is 4. The summed E-state index contributed by atoms with van der Waals surface area (Å²) in [6.45, 7) is 4.48. The fourth-order valence-electron chi connectivity index (χ4n) is 3.02. The van der Waals surface area contributed by atoms with Gasteiger partial charge in [0.05, 0.1) is 11.6 Å². The first-order valence-corrected chi connectivity index (χ1v) is 8.45. The molecule has 1 atom stereocenters. The Morgan fingerprint density at radius 3 is 2.81 bits per heavy atom. The molecule has 2 amide bonds. The number of aryl methyl sites for hydroxylation is 2. The van der Waals surface area contributed by atoms with Crippen molar-refractivity contribution in [2.45, 2.75) is 52.0 Å². The summed E-state index contributed by atoms with van der Waals surface area (Å²) in [6, 6.07) is 0.155. The van der Waals surface area contributed by atoms with Crippen molar-refractivity contribution in [3.8, 4) is 0 Å². The average Bonchev–Trinajstić information content (AvgIpc) is 3.01. The number of hydrogen-bond donors (Lipinski definition) is 1. The first kappa shape index (κ1) is 14.5. The van der Waals surface area contributed by atoms with Crippen LogP contribution in [0.4, 0.5) is 5.13 Å². The van der Waals surface area contributed by atoms with Crippen LogP contribution in [0.2, 0.25) is 0 Å². The lowest BCUT2D eigenvalue weighted by atomic mass is 10.0. The maximum absolute atomic E-state index is 12.3. The summed E-state index contributed by atoms with van der Waals surface area (Å²) in [4.78, 5) is 31.8. The summed E-state index contributed by atoms with van der Waals surface area (Å²) < 4.78 is 0. The van der Waals surface area contributed by atoms with Crippen LogP contribution in [0, 0.1) is 5.92 Å². The Balaban J connectivity index is 1.64. The second-order valence-corrected chi connectivity index (χ2v) is 7.21. The smallest absolute Gasteiger partial charge is 0.231 e. The normalized spacial score (nSPS) is 21.8. The average molecular weight is 307 g/mol. The second kappa shape index (κ2) is 5.75. The van der Waals surface area contributed by atoms with Crippen molar-refractivity contribution in [3.63, 3.8) is 0 Å². The molecule has 1 saturated heterocycles. The van der Waals surface area contributed by atoms with E-state index in [0.29, 0.717) is 18.1 Å². The van der Waals surface area contributed by atoms with Gasteiger partial charge in [0.15, 0.2) is 5.13 Å². The fourth-order valence-corrected chi connectivity index (χ4v) is 4.07. The van der Waals surface area contributed by atoms with Crippen LogP contribution in [0.1, 0.15) is 43.7 Å². The molecule has 1 aromatic heterocycles. The molecule has 1 aliphatic heterocycles. The van der Waals surface area contributed by atoms with Gasteiger partial charge in [-0.3, -0.25) is 9.59 Å². The van der Waals surface area contributed by atoms with Crippen molar-refractivity contribution in [1.29, 1.82) is 0 Å². The molecule has 0 radical (unpaired) electrons. The van der Waals surface area contributed by atoms with Gasteiger partial charge in [-0.1, -0.05) is 0 Å². The van der Waals surface area contributed by atoms with E-state index in [2.05, 4.69) is 10.3 Å². The molecule has 5 nitrogen and oxygen atoms in total. The van der Waals surface area contributed by atoms with Gasteiger partial charge in [-0.15, -0.1) is 11.3 Å². The minimum absolute atomic E-state index is 0.0717. The van der Waals surface area contributed by atoms with Gasteiger partial charge in [0.25, 0.3) is 0 Å². The number of nitrogens with zero attached hydrogens (tertiary/aromatic N) is 2. The molecule has 0 unspecified atom stereocenters. The van der Waals surface area contributed by atoms with Gasteiger partial charge in [-0.25, -0.2) is 4.98 Å². The third-order valence-electron chi connectivity index (χ3n) is 4.23. The van der Waals surface area contributed by atoms with Crippen LogP contribution in [0.25, 0.3) is 0 Å². The number of thiazole rings is 1. The molecule has 1 N–H and O–H groups in total. The Kier molecular flexibility index (Phi) is 3.97. The lowest BCUT2D eigenvalue weighted by Crippen LogP contribution is -2.33. The van der Waals surface area contributed by atoms with Crippen molar-refractivity contribution in [3.05, 3.63) is 10.6 Å². The second-order valence-electron chi connectivity index (χ2n) is 6.13. The number of likely N-dealkylation sites (tertiary alicyclic amines) is 1. The van der Waals surface area contributed by atoms with Crippen LogP contribution >= 0.6 is 11.3 Å². The van der Waals surface area contributed by atoms with Crippen molar-refractivity contribution in [2.24, 2.45) is 5.92 Å². The van der Waals surface area contributed by atoms with Crippen molar-refractivity contribution in [2.75, 3.05) is 11.9 Å². The minimum Gasteiger partial charge on any atom is -0.339 e. The summed E-state index contributed by atoms with van der Waals surface area (Å²) in [7, 11) is 0. The highest BCUT2D eigenvalue weighted by molar-refractivity contribution is 7.15. The zero-order valence-electron chi connectivity index (χ0n) is 12.5. The number of fused-ring (bicyclic) bond motifs is 1. The maximum atomic E-state index is 12.3. The molecule has 0 spiro atoms. The van der Waals surface area contributed by atoms with Gasteiger partial charge in [-0.2, -0.15) is 0 Å². The molecule has 0 bridgehead atoms. The number of carbonyl (C=O) groups is 2. The van der Waals surface area contributed by atoms with Crippen molar-refractivity contribution in [1.82, 2.24) is 9.88 Å². The summed E-state index contributed by atoms with van der Waals surface area (Å²) in [6.07, 6.45) is 4.80. The van der Waals surface area contributed by atoms with Crippen LogP contribution in [0.3, 0.4) is 0 Å². The van der Waals surface area contributed by atoms with E-state index in [1.54, 1.807) is 16.2 Å². The van der Waals surface area contributed by atoms with Gasteiger partial charge in [-0.05, 0) is 39.5 Å². The third kappa shape index (κ3) is 2.95. The first-order valence-electron chi connectivity index (χ1n) is 7.63. The Bertz CT molecular complexity index is 544. The fraction of sp³-hybridized carbons (Fsp3) is 0.667. The molecule has 1 aromatic rings. The predicted octanol–water partition coefficient (Wildman–Crippen LogP) is 2.22. The predicted molar refractivity (Wildman–Crippen MR) is 82.3 cm³/mol. The van der Waals surface area contributed by atoms with Crippen molar-refractivity contribution >= 4 is 28.3 Å². The molecule has 3 rings (SSSR count). The molecule has 21 heavy (non-hydrogen) atoms. The number of amides is 2. The first-order chi connectivity index (χ1) is 10.0. The Morgan fingerprint density at radius 2 is 2.14 bits per heavy atom. The monoisotopic (exact) mass is 307 g/mol. The van der Waals surface area contributed by atoms with E-state index in [0.717, 1.165) is 18.5 Å². The summed E-state index contributed by atoms with van der Waals surface area (Å²) >= 11 is 1.59. The molecular formula is C15H21N3O2S. The van der Waals surface area contributed by atoms with E-state index in [1.807, 2.05) is 13.8 Å². The zero-order chi connectivity index (χ0) is 15.0. The number of aromatic nitrogens is 1. The van der Waals surface area contributed by atoms with Gasteiger partial charge in [0.1, 0.15) is 0 Å². The summed E-state index contributed by atoms with van der Waals surface area (Å²) in [5.74, 6) is -0.248. The van der Waals surface area contributed by atoms with Gasteiger partial charge < -0.3 is 10.2 Å². The highest BCUT2D eigenvalue weighted by Gasteiger charge is 2.35. The zero-order valence-corrected chi connectivity index (χ0v) is 13.3. The van der Waals surface area contributed by atoms with Crippen LogP contribution in [-0.2, 0) is 22.4 Å². The third-order valence-corrected chi connectivity index (χ3v) is 5.30. The SMILES string of the molecule is CC(C)N1C[C@@H](C(=O)Nc2nc3c(s2)CCCC3)CC1=O. The van der Waals surface area contributed by atoms with Crippen LogP contribution < -0.4 is 5.32 Å². The van der Waals surface area contributed by atoms with Crippen LogP contribution in [-0.4, -0.2) is 34.3 Å². The Hall–Kier alpha value is -1.43. The van der Waals surface area contributed by atoms with Gasteiger partial charge in [0.2, 0.25) is 11.8 Å².